The summed E-state index contributed by atoms with van der Waals surface area (Å²) in [6, 6.07) is 12.7. The minimum atomic E-state index is -0.0899. The van der Waals surface area contributed by atoms with E-state index < -0.39 is 0 Å². The first-order valence-corrected chi connectivity index (χ1v) is 7.70. The van der Waals surface area contributed by atoms with Gasteiger partial charge in [0.1, 0.15) is 0 Å². The Morgan fingerprint density at radius 1 is 1.10 bits per heavy atom. The van der Waals surface area contributed by atoms with Gasteiger partial charge in [-0.2, -0.15) is 0 Å². The van der Waals surface area contributed by atoms with Gasteiger partial charge in [0.2, 0.25) is 0 Å². The molecule has 1 heterocycles. The van der Waals surface area contributed by atoms with Crippen LogP contribution in [0.2, 0.25) is 10.0 Å². The first-order chi connectivity index (χ1) is 10.1. The van der Waals surface area contributed by atoms with E-state index in [1.807, 2.05) is 18.2 Å². The minimum Gasteiger partial charge on any atom is -0.299 e. The first kappa shape index (κ1) is 14.6. The number of rotatable bonds is 4. The summed E-state index contributed by atoms with van der Waals surface area (Å²) in [4.78, 5) is 14.9. The number of likely N-dealkylation sites (tertiary alicyclic amines) is 1. The Balaban J connectivity index is 1.86. The summed E-state index contributed by atoms with van der Waals surface area (Å²) >= 11 is 12.1. The Hall–Kier alpha value is -1.35. The molecule has 0 aliphatic carbocycles. The highest BCUT2D eigenvalue weighted by atomic mass is 35.5. The molecule has 0 aromatic heterocycles. The molecule has 3 rings (SSSR count). The molecule has 0 saturated carbocycles. The number of benzene rings is 2. The van der Waals surface area contributed by atoms with Crippen LogP contribution in [-0.4, -0.2) is 23.8 Å². The molecule has 0 atom stereocenters. The summed E-state index contributed by atoms with van der Waals surface area (Å²) in [6.07, 6.45) is 1.26. The molecule has 21 heavy (non-hydrogen) atoms. The summed E-state index contributed by atoms with van der Waals surface area (Å²) in [5.41, 5.74) is 2.25. The fourth-order valence-electron chi connectivity index (χ4n) is 2.44. The molecule has 2 aromatic rings. The maximum Gasteiger partial charge on any atom is 0.194 e. The van der Waals surface area contributed by atoms with E-state index in [9.17, 15) is 4.79 Å². The van der Waals surface area contributed by atoms with Crippen LogP contribution in [0, 0.1) is 0 Å². The van der Waals surface area contributed by atoms with Gasteiger partial charge in [-0.05, 0) is 49.3 Å². The summed E-state index contributed by atoms with van der Waals surface area (Å²) in [5, 5.41) is 0.942. The Labute approximate surface area is 134 Å². The molecule has 0 spiro atoms. The van der Waals surface area contributed by atoms with E-state index in [-0.39, 0.29) is 5.78 Å². The quantitative estimate of drug-likeness (QED) is 0.777. The molecular weight excluding hydrogens is 305 g/mol. The molecule has 0 N–H and O–H groups in total. The molecule has 4 heteroatoms. The molecule has 1 aliphatic rings. The number of hydrogen-bond donors (Lipinski definition) is 0. The molecule has 0 radical (unpaired) electrons. The molecular formula is C17H15Cl2NO. The predicted molar refractivity (Wildman–Crippen MR) is 86.2 cm³/mol. The van der Waals surface area contributed by atoms with Gasteiger partial charge in [-0.3, -0.25) is 9.69 Å². The third-order valence-corrected chi connectivity index (χ3v) is 4.28. The smallest absolute Gasteiger partial charge is 0.194 e. The second kappa shape index (κ2) is 6.18. The number of ketones is 1. The van der Waals surface area contributed by atoms with E-state index >= 15 is 0 Å². The molecule has 2 nitrogen and oxygen atoms in total. The van der Waals surface area contributed by atoms with Gasteiger partial charge in [0.05, 0.1) is 5.02 Å². The number of nitrogens with zero attached hydrogens (tertiary/aromatic N) is 1. The van der Waals surface area contributed by atoms with Crippen molar-refractivity contribution in [3.05, 3.63) is 69.2 Å². The monoisotopic (exact) mass is 319 g/mol. The van der Waals surface area contributed by atoms with E-state index in [1.165, 1.54) is 6.42 Å². The van der Waals surface area contributed by atoms with Crippen molar-refractivity contribution in [1.82, 2.24) is 4.90 Å². The maximum atomic E-state index is 12.6. The van der Waals surface area contributed by atoms with E-state index in [0.29, 0.717) is 21.2 Å². The summed E-state index contributed by atoms with van der Waals surface area (Å²) in [7, 11) is 0. The molecule has 0 bridgehead atoms. The number of halogens is 2. The standard InChI is InChI=1S/C17H15Cl2NO/c18-14-5-6-16(19)15(10-14)17(21)13-4-1-3-12(9-13)11-20-7-2-8-20/h1,3-6,9-10H,2,7-8,11H2. The SMILES string of the molecule is O=C(c1cccc(CN2CCC2)c1)c1cc(Cl)ccc1Cl. The molecule has 1 aliphatic heterocycles. The topological polar surface area (TPSA) is 20.3 Å². The zero-order valence-corrected chi connectivity index (χ0v) is 13.0. The lowest BCUT2D eigenvalue weighted by Crippen LogP contribution is -2.36. The molecule has 1 saturated heterocycles. The van der Waals surface area contributed by atoms with Gasteiger partial charge in [0.15, 0.2) is 5.78 Å². The average molecular weight is 320 g/mol. The van der Waals surface area contributed by atoms with Crippen LogP contribution in [-0.2, 0) is 6.54 Å². The summed E-state index contributed by atoms with van der Waals surface area (Å²) in [5.74, 6) is -0.0899. The van der Waals surface area contributed by atoms with Gasteiger partial charge in [0.25, 0.3) is 0 Å². The number of hydrogen-bond acceptors (Lipinski definition) is 2. The second-order valence-corrected chi connectivity index (χ2v) is 6.13. The van der Waals surface area contributed by atoms with Crippen LogP contribution in [0.15, 0.2) is 42.5 Å². The van der Waals surface area contributed by atoms with Gasteiger partial charge >= 0.3 is 0 Å². The first-order valence-electron chi connectivity index (χ1n) is 6.94. The third kappa shape index (κ3) is 3.29. The Kier molecular flexibility index (Phi) is 4.29. The Morgan fingerprint density at radius 3 is 2.62 bits per heavy atom. The van der Waals surface area contributed by atoms with E-state index in [1.54, 1.807) is 18.2 Å². The minimum absolute atomic E-state index is 0.0899. The van der Waals surface area contributed by atoms with E-state index in [2.05, 4.69) is 11.0 Å². The van der Waals surface area contributed by atoms with Gasteiger partial charge in [-0.15, -0.1) is 0 Å². The zero-order chi connectivity index (χ0) is 14.8. The summed E-state index contributed by atoms with van der Waals surface area (Å²) in [6.45, 7) is 3.17. The molecule has 0 amide bonds. The van der Waals surface area contributed by atoms with Gasteiger partial charge in [0, 0.05) is 22.7 Å². The third-order valence-electron chi connectivity index (χ3n) is 3.72. The van der Waals surface area contributed by atoms with Crippen molar-refractivity contribution in [2.75, 3.05) is 13.1 Å². The predicted octanol–water partition coefficient (Wildman–Crippen LogP) is 4.43. The van der Waals surface area contributed by atoms with Gasteiger partial charge in [-0.25, -0.2) is 0 Å². The highest BCUT2D eigenvalue weighted by Crippen LogP contribution is 2.24. The van der Waals surface area contributed by atoms with Crippen LogP contribution in [0.4, 0.5) is 0 Å². The fraction of sp³-hybridized carbons (Fsp3) is 0.235. The van der Waals surface area contributed by atoms with Crippen molar-refractivity contribution in [3.63, 3.8) is 0 Å². The number of carbonyl (C=O) groups is 1. The molecule has 1 fully saturated rings. The largest absolute Gasteiger partial charge is 0.299 e. The van der Waals surface area contributed by atoms with Crippen LogP contribution < -0.4 is 0 Å². The Morgan fingerprint density at radius 2 is 1.90 bits per heavy atom. The normalized spacial score (nSPS) is 14.8. The molecule has 108 valence electrons. The van der Waals surface area contributed by atoms with Crippen molar-refractivity contribution in [2.45, 2.75) is 13.0 Å². The van der Waals surface area contributed by atoms with Crippen LogP contribution in [0.3, 0.4) is 0 Å². The van der Waals surface area contributed by atoms with Gasteiger partial charge < -0.3 is 0 Å². The van der Waals surface area contributed by atoms with Crippen molar-refractivity contribution in [3.8, 4) is 0 Å². The van der Waals surface area contributed by atoms with Crippen molar-refractivity contribution in [1.29, 1.82) is 0 Å². The highest BCUT2D eigenvalue weighted by Gasteiger charge is 2.16. The summed E-state index contributed by atoms with van der Waals surface area (Å²) < 4.78 is 0. The maximum absolute atomic E-state index is 12.6. The zero-order valence-electron chi connectivity index (χ0n) is 11.5. The van der Waals surface area contributed by atoms with Crippen LogP contribution >= 0.6 is 23.2 Å². The van der Waals surface area contributed by atoms with Crippen LogP contribution in [0.1, 0.15) is 27.9 Å². The molecule has 2 aromatic carbocycles. The lowest BCUT2D eigenvalue weighted by atomic mass is 10.0. The van der Waals surface area contributed by atoms with Crippen molar-refractivity contribution < 1.29 is 4.79 Å². The second-order valence-electron chi connectivity index (χ2n) is 5.28. The van der Waals surface area contributed by atoms with Crippen LogP contribution in [0.5, 0.6) is 0 Å². The highest BCUT2D eigenvalue weighted by molar-refractivity contribution is 6.36. The van der Waals surface area contributed by atoms with E-state index in [0.717, 1.165) is 25.2 Å². The van der Waals surface area contributed by atoms with Crippen LogP contribution in [0.25, 0.3) is 0 Å². The van der Waals surface area contributed by atoms with E-state index in [4.69, 9.17) is 23.2 Å². The Bertz CT molecular complexity index is 680. The van der Waals surface area contributed by atoms with Crippen molar-refractivity contribution >= 4 is 29.0 Å². The number of carbonyl (C=O) groups excluding carboxylic acids is 1. The average Bonchev–Trinajstić information content (AvgIpc) is 2.45. The lowest BCUT2D eigenvalue weighted by molar-refractivity contribution is 0.103. The van der Waals surface area contributed by atoms with Gasteiger partial charge in [-0.1, -0.05) is 41.4 Å². The molecule has 0 unspecified atom stereocenters. The lowest BCUT2D eigenvalue weighted by Gasteiger charge is -2.30. The van der Waals surface area contributed by atoms with Crippen molar-refractivity contribution in [2.24, 2.45) is 0 Å². The fourth-order valence-corrected chi connectivity index (χ4v) is 2.81.